The summed E-state index contributed by atoms with van der Waals surface area (Å²) < 4.78 is 10.6. The molecule has 25 heavy (non-hydrogen) atoms. The van der Waals surface area contributed by atoms with Crippen LogP contribution in [0.15, 0.2) is 42.6 Å². The van der Waals surface area contributed by atoms with Gasteiger partial charge in [0.25, 0.3) is 0 Å². The molecular weight excluding hydrogens is 365 g/mol. The number of hydrogen-bond donors (Lipinski definition) is 1. The van der Waals surface area contributed by atoms with Gasteiger partial charge in [-0.2, -0.15) is 0 Å². The number of Topliss-reactive ketones (excluding diaryl/α,β-unsaturated/α-hetero) is 1. The molecule has 0 amide bonds. The minimum Gasteiger partial charge on any atom is -0.454 e. The molecule has 128 valence electrons. The van der Waals surface area contributed by atoms with E-state index in [0.29, 0.717) is 38.4 Å². The molecule has 0 atom stereocenters. The van der Waals surface area contributed by atoms with E-state index in [-0.39, 0.29) is 18.4 Å². The Bertz CT molecular complexity index is 893. The highest BCUT2D eigenvalue weighted by atomic mass is 35.5. The molecule has 0 fully saturated rings. The summed E-state index contributed by atoms with van der Waals surface area (Å²) in [5.41, 5.74) is 1.24. The Morgan fingerprint density at radius 3 is 2.52 bits per heavy atom. The summed E-state index contributed by atoms with van der Waals surface area (Å²) in [6, 6.07) is 7.92. The summed E-state index contributed by atoms with van der Waals surface area (Å²) in [5, 5.41) is 3.66. The number of carbonyl (C=O) groups excluding carboxylic acids is 2. The molecule has 0 saturated heterocycles. The van der Waals surface area contributed by atoms with E-state index in [9.17, 15) is 9.59 Å². The molecule has 1 N–H and O–H groups in total. The lowest BCUT2D eigenvalue weighted by molar-refractivity contribution is 0.101. The Morgan fingerprint density at radius 2 is 1.80 bits per heavy atom. The van der Waals surface area contributed by atoms with E-state index in [1.807, 2.05) is 0 Å². The second-order valence-electron chi connectivity index (χ2n) is 5.27. The maximum Gasteiger partial charge on any atom is 0.231 e. The second kappa shape index (κ2) is 7.17. The number of fused-ring (bicyclic) bond motifs is 1. The fraction of sp³-hybridized carbons (Fsp3) is 0.111. The summed E-state index contributed by atoms with van der Waals surface area (Å²) in [6.07, 6.45) is 2.75. The summed E-state index contributed by atoms with van der Waals surface area (Å²) in [5.74, 6) is 0.593. The first-order valence-corrected chi connectivity index (χ1v) is 8.08. The van der Waals surface area contributed by atoms with Crippen LogP contribution in [0.2, 0.25) is 10.0 Å². The van der Waals surface area contributed by atoms with Crippen LogP contribution >= 0.6 is 23.2 Å². The normalized spacial score (nSPS) is 12.4. The highest BCUT2D eigenvalue weighted by Gasteiger charge is 2.18. The minimum absolute atomic E-state index is 0.109. The van der Waals surface area contributed by atoms with E-state index in [0.717, 1.165) is 0 Å². The third-order valence-corrected chi connectivity index (χ3v) is 4.12. The monoisotopic (exact) mass is 377 g/mol. The number of carbonyl (C=O) groups is 2. The third kappa shape index (κ3) is 3.78. The van der Waals surface area contributed by atoms with E-state index < -0.39 is 0 Å². The number of halogens is 2. The Morgan fingerprint density at radius 1 is 1.08 bits per heavy atom. The Balaban J connectivity index is 1.81. The maximum atomic E-state index is 12.2. The molecule has 1 aliphatic rings. The average Bonchev–Trinajstić information content (AvgIpc) is 3.03. The lowest BCUT2D eigenvalue weighted by Crippen LogP contribution is -2.01. The van der Waals surface area contributed by atoms with Gasteiger partial charge in [-0.3, -0.25) is 9.59 Å². The van der Waals surface area contributed by atoms with Crippen molar-refractivity contribution >= 4 is 40.5 Å². The predicted molar refractivity (Wildman–Crippen MR) is 96.1 cm³/mol. The number of ether oxygens (including phenoxy) is 2. The van der Waals surface area contributed by atoms with Crippen molar-refractivity contribution in [3.8, 4) is 11.5 Å². The Labute approximate surface area is 154 Å². The number of anilines is 1. The molecule has 1 aliphatic heterocycles. The van der Waals surface area contributed by atoms with Gasteiger partial charge in [-0.15, -0.1) is 0 Å². The van der Waals surface area contributed by atoms with Crippen molar-refractivity contribution in [2.75, 3.05) is 12.1 Å². The van der Waals surface area contributed by atoms with Crippen LogP contribution in [0.3, 0.4) is 0 Å². The van der Waals surface area contributed by atoms with Crippen LogP contribution in [0, 0.1) is 0 Å². The fourth-order valence-electron chi connectivity index (χ4n) is 2.34. The second-order valence-corrected chi connectivity index (χ2v) is 6.12. The van der Waals surface area contributed by atoms with Gasteiger partial charge in [0.15, 0.2) is 23.1 Å². The number of benzene rings is 2. The molecule has 5 nitrogen and oxygen atoms in total. The molecule has 2 aromatic rings. The van der Waals surface area contributed by atoms with Gasteiger partial charge in [0.1, 0.15) is 0 Å². The maximum absolute atomic E-state index is 12.2. The zero-order valence-electron chi connectivity index (χ0n) is 13.1. The van der Waals surface area contributed by atoms with E-state index in [4.69, 9.17) is 32.7 Å². The van der Waals surface area contributed by atoms with Gasteiger partial charge in [0, 0.05) is 34.5 Å². The van der Waals surface area contributed by atoms with Gasteiger partial charge < -0.3 is 14.8 Å². The molecule has 0 saturated carbocycles. The molecule has 2 aromatic carbocycles. The SMILES string of the molecule is CC(=O)c1cc2c(cc1N/C=C\C(=O)c1cc(Cl)ccc1Cl)OCO2. The number of hydrogen-bond acceptors (Lipinski definition) is 5. The minimum atomic E-state index is -0.315. The van der Waals surface area contributed by atoms with Crippen LogP contribution in [-0.2, 0) is 0 Å². The van der Waals surface area contributed by atoms with Crippen LogP contribution in [0.5, 0.6) is 11.5 Å². The van der Waals surface area contributed by atoms with Crippen LogP contribution in [0.4, 0.5) is 5.69 Å². The van der Waals surface area contributed by atoms with Crippen LogP contribution in [0.1, 0.15) is 27.6 Å². The van der Waals surface area contributed by atoms with Gasteiger partial charge in [0.2, 0.25) is 6.79 Å². The average molecular weight is 378 g/mol. The summed E-state index contributed by atoms with van der Waals surface area (Å²) in [6.45, 7) is 1.56. The smallest absolute Gasteiger partial charge is 0.231 e. The zero-order valence-corrected chi connectivity index (χ0v) is 14.6. The van der Waals surface area contributed by atoms with Crippen LogP contribution < -0.4 is 14.8 Å². The first kappa shape index (κ1) is 17.3. The molecule has 0 bridgehead atoms. The summed E-state index contributed by atoms with van der Waals surface area (Å²) >= 11 is 11.9. The molecule has 0 aromatic heterocycles. The number of ketones is 2. The van der Waals surface area contributed by atoms with E-state index in [2.05, 4.69) is 5.32 Å². The van der Waals surface area contributed by atoms with Gasteiger partial charge in [-0.25, -0.2) is 0 Å². The first-order chi connectivity index (χ1) is 12.0. The lowest BCUT2D eigenvalue weighted by Gasteiger charge is -2.08. The molecule has 3 rings (SSSR count). The lowest BCUT2D eigenvalue weighted by atomic mass is 10.1. The molecule has 1 heterocycles. The van der Waals surface area contributed by atoms with Gasteiger partial charge in [0.05, 0.1) is 10.7 Å². The van der Waals surface area contributed by atoms with Crippen LogP contribution in [-0.4, -0.2) is 18.4 Å². The molecule has 0 unspecified atom stereocenters. The highest BCUT2D eigenvalue weighted by molar-refractivity contribution is 6.36. The predicted octanol–water partition coefficient (Wildman–Crippen LogP) is 4.73. The van der Waals surface area contributed by atoms with Crippen molar-refractivity contribution in [3.63, 3.8) is 0 Å². The van der Waals surface area contributed by atoms with E-state index >= 15 is 0 Å². The standard InChI is InChI=1S/C18H13Cl2NO4/c1-10(22)12-7-17-18(25-9-24-17)8-15(12)21-5-4-16(23)13-6-11(19)2-3-14(13)20/h2-8,21H,9H2,1H3/b5-4-. The molecule has 7 heteroatoms. The van der Waals surface area contributed by atoms with Crippen molar-refractivity contribution in [2.45, 2.75) is 6.92 Å². The number of rotatable bonds is 5. The first-order valence-electron chi connectivity index (χ1n) is 7.33. The van der Waals surface area contributed by atoms with Gasteiger partial charge in [-0.05, 0) is 31.2 Å². The fourth-order valence-corrected chi connectivity index (χ4v) is 2.72. The molecular formula is C18H13Cl2NO4. The van der Waals surface area contributed by atoms with E-state index in [1.165, 1.54) is 25.3 Å². The zero-order chi connectivity index (χ0) is 18.0. The Kier molecular flexibility index (Phi) is 4.97. The van der Waals surface area contributed by atoms with Crippen molar-refractivity contribution in [1.29, 1.82) is 0 Å². The largest absolute Gasteiger partial charge is 0.454 e. The number of allylic oxidation sites excluding steroid dienone is 1. The number of nitrogens with one attached hydrogen (secondary N) is 1. The molecule has 0 spiro atoms. The van der Waals surface area contributed by atoms with Crippen molar-refractivity contribution in [2.24, 2.45) is 0 Å². The van der Waals surface area contributed by atoms with Crippen molar-refractivity contribution in [3.05, 3.63) is 63.8 Å². The van der Waals surface area contributed by atoms with Crippen molar-refractivity contribution < 1.29 is 19.1 Å². The van der Waals surface area contributed by atoms with Gasteiger partial charge >= 0.3 is 0 Å². The summed E-state index contributed by atoms with van der Waals surface area (Å²) in [7, 11) is 0. The quantitative estimate of drug-likeness (QED) is 0.602. The third-order valence-electron chi connectivity index (χ3n) is 3.56. The topological polar surface area (TPSA) is 64.6 Å². The molecule has 0 radical (unpaired) electrons. The molecule has 0 aliphatic carbocycles. The Hall–Kier alpha value is -2.50. The van der Waals surface area contributed by atoms with E-state index in [1.54, 1.807) is 24.3 Å². The summed E-state index contributed by atoms with van der Waals surface area (Å²) in [4.78, 5) is 24.0. The van der Waals surface area contributed by atoms with Gasteiger partial charge in [-0.1, -0.05) is 23.2 Å². The van der Waals surface area contributed by atoms with Crippen molar-refractivity contribution in [1.82, 2.24) is 0 Å². The van der Waals surface area contributed by atoms with Crippen LogP contribution in [0.25, 0.3) is 0 Å². The highest BCUT2D eigenvalue weighted by Crippen LogP contribution is 2.37.